The quantitative estimate of drug-likeness (QED) is 0.254. The zero-order valence-electron chi connectivity index (χ0n) is 18.1. The average molecular weight is 411 g/mol. The minimum atomic E-state index is -0.106. The highest BCUT2D eigenvalue weighted by molar-refractivity contribution is 5.72. The Labute approximate surface area is 175 Å². The van der Waals surface area contributed by atoms with Gasteiger partial charge in [-0.05, 0) is 18.4 Å². The third-order valence-corrected chi connectivity index (χ3v) is 4.43. The van der Waals surface area contributed by atoms with Crippen molar-refractivity contribution in [2.75, 3.05) is 52.9 Å². The van der Waals surface area contributed by atoms with Gasteiger partial charge in [0.25, 0.3) is 0 Å². The lowest BCUT2D eigenvalue weighted by Crippen LogP contribution is -2.20. The van der Waals surface area contributed by atoms with Crippen LogP contribution in [-0.4, -0.2) is 58.8 Å². The van der Waals surface area contributed by atoms with Crippen LogP contribution in [0.5, 0.6) is 0 Å². The molecule has 1 rings (SSSR count). The topological polar surface area (TPSA) is 63.2 Å². The molecule has 166 valence electrons. The van der Waals surface area contributed by atoms with Gasteiger partial charge in [-0.3, -0.25) is 4.79 Å². The summed E-state index contributed by atoms with van der Waals surface area (Å²) in [6, 6.07) is 10.1. The monoisotopic (exact) mass is 410 g/mol. The van der Waals surface area contributed by atoms with Gasteiger partial charge in [-0.15, -0.1) is 0 Å². The van der Waals surface area contributed by atoms with E-state index < -0.39 is 0 Å². The second-order valence-electron chi connectivity index (χ2n) is 6.79. The summed E-state index contributed by atoms with van der Waals surface area (Å²) in [5.74, 6) is -0.0901. The summed E-state index contributed by atoms with van der Waals surface area (Å²) in [6.45, 7) is 8.59. The summed E-state index contributed by atoms with van der Waals surface area (Å²) in [4.78, 5) is 11.9. The summed E-state index contributed by atoms with van der Waals surface area (Å²) in [5.41, 5.74) is 1.16. The zero-order chi connectivity index (χ0) is 21.0. The van der Waals surface area contributed by atoms with E-state index >= 15 is 0 Å². The van der Waals surface area contributed by atoms with Crippen molar-refractivity contribution in [3.63, 3.8) is 0 Å². The Morgan fingerprint density at radius 1 is 0.793 bits per heavy atom. The van der Waals surface area contributed by atoms with Crippen LogP contribution >= 0.6 is 0 Å². The molecule has 29 heavy (non-hydrogen) atoms. The third kappa shape index (κ3) is 14.2. The van der Waals surface area contributed by atoms with Crippen LogP contribution < -0.4 is 0 Å². The van der Waals surface area contributed by atoms with Crippen LogP contribution in [0.4, 0.5) is 0 Å². The van der Waals surface area contributed by atoms with Gasteiger partial charge in [0.15, 0.2) is 0 Å². The molecule has 6 heteroatoms. The maximum atomic E-state index is 11.9. The Morgan fingerprint density at radius 3 is 1.90 bits per heavy atom. The first-order chi connectivity index (χ1) is 14.3. The van der Waals surface area contributed by atoms with Crippen LogP contribution in [0.3, 0.4) is 0 Å². The molecule has 0 saturated carbocycles. The molecule has 0 radical (unpaired) electrons. The van der Waals surface area contributed by atoms with Crippen LogP contribution in [0.2, 0.25) is 0 Å². The molecule has 0 spiro atoms. The first-order valence-electron chi connectivity index (χ1n) is 10.8. The molecule has 6 nitrogen and oxygen atoms in total. The highest BCUT2D eigenvalue weighted by Crippen LogP contribution is 2.14. The van der Waals surface area contributed by atoms with E-state index in [0.717, 1.165) is 31.2 Å². The normalized spacial score (nSPS) is 12.1. The van der Waals surface area contributed by atoms with Crippen molar-refractivity contribution < 1.29 is 28.5 Å². The fraction of sp³-hybridized carbons (Fsp3) is 0.696. The number of esters is 1. The number of carbonyl (C=O) groups is 1. The predicted octanol–water partition coefficient (Wildman–Crippen LogP) is 4.01. The molecular formula is C23H38O6. The van der Waals surface area contributed by atoms with E-state index in [1.54, 1.807) is 0 Å². The second-order valence-corrected chi connectivity index (χ2v) is 6.79. The Morgan fingerprint density at radius 2 is 1.34 bits per heavy atom. The summed E-state index contributed by atoms with van der Waals surface area (Å²) in [7, 11) is 0. The number of hydrogen-bond donors (Lipinski definition) is 0. The van der Waals surface area contributed by atoms with Crippen molar-refractivity contribution in [3.05, 3.63) is 35.9 Å². The van der Waals surface area contributed by atoms with Gasteiger partial charge in [0.05, 0.1) is 58.8 Å². The molecule has 0 fully saturated rings. The molecule has 0 N–H and O–H groups in total. The van der Waals surface area contributed by atoms with Gasteiger partial charge >= 0.3 is 5.97 Å². The first-order valence-corrected chi connectivity index (χ1v) is 10.8. The van der Waals surface area contributed by atoms with Crippen molar-refractivity contribution in [3.8, 4) is 0 Å². The SMILES string of the molecule is CCCCC(CC)C(=O)OCCOCCOCCOCCOCc1ccccc1. The van der Waals surface area contributed by atoms with Crippen molar-refractivity contribution in [1.29, 1.82) is 0 Å². The Balaban J connectivity index is 1.81. The van der Waals surface area contributed by atoms with Crippen molar-refractivity contribution >= 4 is 5.97 Å². The van der Waals surface area contributed by atoms with E-state index in [2.05, 4.69) is 6.92 Å². The molecule has 0 aliphatic rings. The van der Waals surface area contributed by atoms with E-state index in [4.69, 9.17) is 23.7 Å². The number of benzene rings is 1. The fourth-order valence-corrected chi connectivity index (χ4v) is 2.68. The summed E-state index contributed by atoms with van der Waals surface area (Å²) >= 11 is 0. The van der Waals surface area contributed by atoms with E-state index in [9.17, 15) is 4.79 Å². The predicted molar refractivity (Wildman–Crippen MR) is 113 cm³/mol. The van der Waals surface area contributed by atoms with Gasteiger partial charge in [-0.2, -0.15) is 0 Å². The van der Waals surface area contributed by atoms with E-state index in [1.807, 2.05) is 37.3 Å². The summed E-state index contributed by atoms with van der Waals surface area (Å²) in [5, 5.41) is 0. The number of hydrogen-bond acceptors (Lipinski definition) is 6. The standard InChI is InChI=1S/C23H38O6/c1-3-5-11-22(4-2)23(24)29-19-18-27-15-14-25-12-13-26-16-17-28-20-21-9-7-6-8-10-21/h6-10,22H,3-5,11-20H2,1-2H3. The molecular weight excluding hydrogens is 372 g/mol. The summed E-state index contributed by atoms with van der Waals surface area (Å²) in [6.07, 6.45) is 3.89. The Bertz CT molecular complexity index is 493. The van der Waals surface area contributed by atoms with E-state index in [1.165, 1.54) is 0 Å². The number of rotatable bonds is 19. The molecule has 1 aromatic carbocycles. The molecule has 0 amide bonds. The van der Waals surface area contributed by atoms with Crippen molar-refractivity contribution in [2.45, 2.75) is 46.1 Å². The average Bonchev–Trinajstić information content (AvgIpc) is 2.75. The van der Waals surface area contributed by atoms with Crippen molar-refractivity contribution in [2.24, 2.45) is 5.92 Å². The zero-order valence-corrected chi connectivity index (χ0v) is 18.1. The lowest BCUT2D eigenvalue weighted by molar-refractivity contribution is -0.150. The molecule has 1 atom stereocenters. The highest BCUT2D eigenvalue weighted by Gasteiger charge is 2.16. The van der Waals surface area contributed by atoms with Crippen molar-refractivity contribution in [1.82, 2.24) is 0 Å². The molecule has 0 heterocycles. The maximum Gasteiger partial charge on any atom is 0.308 e. The van der Waals surface area contributed by atoms with E-state index in [-0.39, 0.29) is 11.9 Å². The van der Waals surface area contributed by atoms with Gasteiger partial charge in [-0.1, -0.05) is 57.0 Å². The van der Waals surface area contributed by atoms with Gasteiger partial charge in [0.2, 0.25) is 0 Å². The molecule has 0 aliphatic carbocycles. The lowest BCUT2D eigenvalue weighted by atomic mass is 10.00. The smallest absolute Gasteiger partial charge is 0.308 e. The van der Waals surface area contributed by atoms with Crippen LogP contribution in [0.25, 0.3) is 0 Å². The molecule has 0 aliphatic heterocycles. The van der Waals surface area contributed by atoms with Crippen LogP contribution in [0.15, 0.2) is 30.3 Å². The van der Waals surface area contributed by atoms with Crippen LogP contribution in [0, 0.1) is 5.92 Å². The number of unbranched alkanes of at least 4 members (excludes halogenated alkanes) is 1. The van der Waals surface area contributed by atoms with Gasteiger partial charge in [0, 0.05) is 0 Å². The fourth-order valence-electron chi connectivity index (χ4n) is 2.68. The number of ether oxygens (including phenoxy) is 5. The molecule has 0 bridgehead atoms. The van der Waals surface area contributed by atoms with Gasteiger partial charge in [-0.25, -0.2) is 0 Å². The Hall–Kier alpha value is -1.47. The third-order valence-electron chi connectivity index (χ3n) is 4.43. The van der Waals surface area contributed by atoms with Gasteiger partial charge in [0.1, 0.15) is 6.61 Å². The molecule has 0 saturated heterocycles. The van der Waals surface area contributed by atoms with Crippen LogP contribution in [-0.2, 0) is 35.1 Å². The second kappa shape index (κ2) is 18.6. The number of carbonyl (C=O) groups excluding carboxylic acids is 1. The largest absolute Gasteiger partial charge is 0.463 e. The Kier molecular flexibility index (Phi) is 16.4. The van der Waals surface area contributed by atoms with E-state index in [0.29, 0.717) is 59.5 Å². The minimum absolute atomic E-state index is 0.0158. The molecule has 1 unspecified atom stereocenters. The molecule has 0 aromatic heterocycles. The maximum absolute atomic E-state index is 11.9. The van der Waals surface area contributed by atoms with Gasteiger partial charge < -0.3 is 23.7 Å². The molecule has 1 aromatic rings. The van der Waals surface area contributed by atoms with Crippen LogP contribution in [0.1, 0.15) is 45.1 Å². The lowest BCUT2D eigenvalue weighted by Gasteiger charge is -2.13. The first kappa shape index (κ1) is 25.6. The highest BCUT2D eigenvalue weighted by atomic mass is 16.6. The minimum Gasteiger partial charge on any atom is -0.463 e. The summed E-state index contributed by atoms with van der Waals surface area (Å²) < 4.78 is 27.1.